The molecule has 0 spiro atoms. The van der Waals surface area contributed by atoms with Crippen molar-refractivity contribution in [2.75, 3.05) is 36.4 Å². The summed E-state index contributed by atoms with van der Waals surface area (Å²) in [6, 6.07) is 28.4. The van der Waals surface area contributed by atoms with Crippen molar-refractivity contribution in [2.45, 2.75) is 31.2 Å². The lowest BCUT2D eigenvalue weighted by molar-refractivity contribution is 0.0746. The highest BCUT2D eigenvalue weighted by Crippen LogP contribution is 2.63. The molecule has 0 radical (unpaired) electrons. The third-order valence-corrected chi connectivity index (χ3v) is 9.18. The number of hydrogen-bond donors (Lipinski definition) is 1. The lowest BCUT2D eigenvalue weighted by Crippen LogP contribution is -2.48. The van der Waals surface area contributed by atoms with E-state index in [0.717, 1.165) is 43.6 Å². The first-order chi connectivity index (χ1) is 17.3. The number of hydrogen-bond acceptors (Lipinski definition) is 3. The number of piperazine rings is 1. The number of rotatable bonds is 3. The molecule has 2 bridgehead atoms. The van der Waals surface area contributed by atoms with Crippen LogP contribution in [0.2, 0.25) is 0 Å². The minimum atomic E-state index is 0.186. The Hall–Kier alpha value is -3.27. The zero-order chi connectivity index (χ0) is 23.4. The molecule has 4 nitrogen and oxygen atoms in total. The molecule has 1 N–H and O–H groups in total. The summed E-state index contributed by atoms with van der Waals surface area (Å²) in [5.74, 6) is 2.94. The van der Waals surface area contributed by atoms with Crippen molar-refractivity contribution in [3.05, 3.63) is 95.6 Å². The first-order valence-corrected chi connectivity index (χ1v) is 13.3. The van der Waals surface area contributed by atoms with Gasteiger partial charge in [-0.05, 0) is 84.4 Å². The topological polar surface area (TPSA) is 35.6 Å². The van der Waals surface area contributed by atoms with E-state index in [-0.39, 0.29) is 5.91 Å². The van der Waals surface area contributed by atoms with Crippen LogP contribution in [0.1, 0.15) is 52.7 Å². The molecule has 3 fully saturated rings. The predicted molar refractivity (Wildman–Crippen MR) is 141 cm³/mol. The molecule has 3 aromatic carbocycles. The van der Waals surface area contributed by atoms with Crippen molar-refractivity contribution in [1.82, 2.24) is 4.90 Å². The molecule has 2 aliphatic heterocycles. The molecular weight excluding hydrogens is 430 g/mol. The van der Waals surface area contributed by atoms with E-state index in [9.17, 15) is 4.79 Å². The normalized spacial score (nSPS) is 28.9. The van der Waals surface area contributed by atoms with E-state index in [1.165, 1.54) is 41.8 Å². The number of anilines is 2. The van der Waals surface area contributed by atoms with Gasteiger partial charge in [-0.15, -0.1) is 0 Å². The fourth-order valence-corrected chi connectivity index (χ4v) is 7.60. The van der Waals surface area contributed by atoms with Gasteiger partial charge in [0.25, 0.3) is 5.91 Å². The molecule has 178 valence electrons. The van der Waals surface area contributed by atoms with Gasteiger partial charge in [0, 0.05) is 43.1 Å². The van der Waals surface area contributed by atoms with E-state index in [1.807, 2.05) is 11.0 Å². The minimum Gasteiger partial charge on any atom is -0.378 e. The summed E-state index contributed by atoms with van der Waals surface area (Å²) >= 11 is 0. The van der Waals surface area contributed by atoms with Crippen LogP contribution >= 0.6 is 0 Å². The third kappa shape index (κ3) is 3.53. The molecule has 1 saturated heterocycles. The standard InChI is InChI=1S/C31H33N3O/c35-31(34-17-15-33(16-18-34)25-9-5-2-6-10-25)24-13-14-27-26(20-24)28-22-11-12-23(19-22)29(28)30(32-27)21-7-3-1-4-8-21/h1-10,13-14,20,22-23,28-30,32H,11-12,15-19H2/t22-,23-,28-,29+,30+/m0/s1. The number of carbonyl (C=O) groups excluding carboxylic acids is 1. The monoisotopic (exact) mass is 463 g/mol. The number of fused-ring (bicyclic) bond motifs is 7. The maximum absolute atomic E-state index is 13.6. The summed E-state index contributed by atoms with van der Waals surface area (Å²) in [5.41, 5.74) is 6.13. The smallest absolute Gasteiger partial charge is 0.253 e. The van der Waals surface area contributed by atoms with Gasteiger partial charge in [0.1, 0.15) is 0 Å². The average Bonchev–Trinajstić information content (AvgIpc) is 3.56. The number of nitrogens with one attached hydrogen (secondary N) is 1. The van der Waals surface area contributed by atoms with E-state index in [2.05, 4.69) is 83.0 Å². The van der Waals surface area contributed by atoms with Gasteiger partial charge in [0.15, 0.2) is 0 Å². The predicted octanol–water partition coefficient (Wildman–Crippen LogP) is 5.95. The van der Waals surface area contributed by atoms with Gasteiger partial charge in [0.2, 0.25) is 0 Å². The lowest BCUT2D eigenvalue weighted by atomic mass is 9.68. The number of amides is 1. The summed E-state index contributed by atoms with van der Waals surface area (Å²) < 4.78 is 0. The van der Waals surface area contributed by atoms with E-state index in [0.29, 0.717) is 17.9 Å². The Labute approximate surface area is 207 Å². The van der Waals surface area contributed by atoms with Crippen molar-refractivity contribution in [2.24, 2.45) is 17.8 Å². The van der Waals surface area contributed by atoms with Crippen LogP contribution in [-0.2, 0) is 0 Å². The molecule has 7 rings (SSSR count). The van der Waals surface area contributed by atoms with Crippen molar-refractivity contribution in [3.8, 4) is 0 Å². The van der Waals surface area contributed by atoms with Crippen LogP contribution in [0.15, 0.2) is 78.9 Å². The second-order valence-corrected chi connectivity index (χ2v) is 10.9. The Kier molecular flexibility index (Phi) is 5.08. The van der Waals surface area contributed by atoms with Crippen LogP contribution in [0.25, 0.3) is 0 Å². The largest absolute Gasteiger partial charge is 0.378 e. The molecular formula is C31H33N3O. The van der Waals surface area contributed by atoms with E-state index < -0.39 is 0 Å². The van der Waals surface area contributed by atoms with Crippen molar-refractivity contribution >= 4 is 17.3 Å². The molecule has 35 heavy (non-hydrogen) atoms. The molecule has 2 aliphatic carbocycles. The van der Waals surface area contributed by atoms with Crippen LogP contribution in [0.5, 0.6) is 0 Å². The molecule has 1 amide bonds. The van der Waals surface area contributed by atoms with Crippen LogP contribution < -0.4 is 10.2 Å². The van der Waals surface area contributed by atoms with E-state index >= 15 is 0 Å². The highest BCUT2D eigenvalue weighted by atomic mass is 16.2. The molecule has 4 heteroatoms. The Morgan fingerprint density at radius 3 is 2.29 bits per heavy atom. The summed E-state index contributed by atoms with van der Waals surface area (Å²) in [6.07, 6.45) is 4.04. The first kappa shape index (κ1) is 21.0. The number of benzene rings is 3. The number of para-hydroxylation sites is 1. The number of carbonyl (C=O) groups is 1. The first-order valence-electron chi connectivity index (χ1n) is 13.3. The van der Waals surface area contributed by atoms with Gasteiger partial charge in [-0.1, -0.05) is 48.5 Å². The van der Waals surface area contributed by atoms with Crippen molar-refractivity contribution in [1.29, 1.82) is 0 Å². The Morgan fingerprint density at radius 2 is 1.51 bits per heavy atom. The second-order valence-electron chi connectivity index (χ2n) is 10.9. The zero-order valence-electron chi connectivity index (χ0n) is 20.1. The SMILES string of the molecule is O=C(c1ccc2c(c1)[C@@H]1[C@H]3CC[C@@H](C3)[C@H]1[C@@H](c1ccccc1)N2)N1CCN(c2ccccc2)CC1. The Bertz CT molecular complexity index is 1220. The fourth-order valence-electron chi connectivity index (χ4n) is 7.60. The highest BCUT2D eigenvalue weighted by Gasteiger charge is 2.53. The second kappa shape index (κ2) is 8.44. The van der Waals surface area contributed by atoms with E-state index in [1.54, 1.807) is 0 Å². The Morgan fingerprint density at radius 1 is 0.800 bits per heavy atom. The van der Waals surface area contributed by atoms with Crippen molar-refractivity contribution < 1.29 is 4.79 Å². The average molecular weight is 464 g/mol. The molecule has 2 heterocycles. The minimum absolute atomic E-state index is 0.186. The molecule has 2 saturated carbocycles. The van der Waals surface area contributed by atoms with Crippen LogP contribution in [0.3, 0.4) is 0 Å². The molecule has 3 aromatic rings. The fraction of sp³-hybridized carbons (Fsp3) is 0.387. The van der Waals surface area contributed by atoms with Crippen LogP contribution in [0, 0.1) is 17.8 Å². The molecule has 0 aromatic heterocycles. The van der Waals surface area contributed by atoms with Gasteiger partial charge in [-0.3, -0.25) is 4.79 Å². The van der Waals surface area contributed by atoms with Crippen LogP contribution in [-0.4, -0.2) is 37.0 Å². The summed E-state index contributed by atoms with van der Waals surface area (Å²) in [7, 11) is 0. The summed E-state index contributed by atoms with van der Waals surface area (Å²) in [4.78, 5) is 18.0. The van der Waals surface area contributed by atoms with Gasteiger partial charge in [0.05, 0.1) is 6.04 Å². The Balaban J connectivity index is 1.14. The highest BCUT2D eigenvalue weighted by molar-refractivity contribution is 5.95. The molecule has 5 atom stereocenters. The summed E-state index contributed by atoms with van der Waals surface area (Å²) in [5, 5.41) is 3.91. The van der Waals surface area contributed by atoms with Gasteiger partial charge < -0.3 is 15.1 Å². The maximum atomic E-state index is 13.6. The van der Waals surface area contributed by atoms with Crippen LogP contribution in [0.4, 0.5) is 11.4 Å². The van der Waals surface area contributed by atoms with E-state index in [4.69, 9.17) is 0 Å². The summed E-state index contributed by atoms with van der Waals surface area (Å²) in [6.45, 7) is 3.32. The zero-order valence-corrected chi connectivity index (χ0v) is 20.1. The quantitative estimate of drug-likeness (QED) is 0.522. The van der Waals surface area contributed by atoms with Gasteiger partial charge in [-0.2, -0.15) is 0 Å². The molecule has 4 aliphatic rings. The number of nitrogens with zero attached hydrogens (tertiary/aromatic N) is 2. The van der Waals surface area contributed by atoms with Crippen molar-refractivity contribution in [3.63, 3.8) is 0 Å². The van der Waals surface area contributed by atoms with Gasteiger partial charge in [-0.25, -0.2) is 0 Å². The molecule has 0 unspecified atom stereocenters. The maximum Gasteiger partial charge on any atom is 0.253 e. The lowest BCUT2D eigenvalue weighted by Gasteiger charge is -2.44. The van der Waals surface area contributed by atoms with Gasteiger partial charge >= 0.3 is 0 Å². The third-order valence-electron chi connectivity index (χ3n) is 9.18.